The lowest BCUT2D eigenvalue weighted by molar-refractivity contribution is -0.120. The lowest BCUT2D eigenvalue weighted by atomic mass is 9.97. The van der Waals surface area contributed by atoms with Crippen molar-refractivity contribution >= 4 is 34.4 Å². The molecule has 5 nitrogen and oxygen atoms in total. The molecule has 0 aromatic heterocycles. The van der Waals surface area contributed by atoms with E-state index >= 15 is 0 Å². The molecule has 1 aliphatic heterocycles. The first-order valence-corrected chi connectivity index (χ1v) is 10.3. The molecule has 6 heteroatoms. The van der Waals surface area contributed by atoms with Gasteiger partial charge in [-0.3, -0.25) is 9.59 Å². The lowest BCUT2D eigenvalue weighted by Gasteiger charge is -2.16. The molecular weight excluding hydrogens is 405 g/mol. The fraction of sp³-hybridized carbons (Fsp3) is 0.154. The van der Waals surface area contributed by atoms with Crippen LogP contribution in [-0.4, -0.2) is 25.9 Å². The highest BCUT2D eigenvalue weighted by Crippen LogP contribution is 2.35. The fourth-order valence-electron chi connectivity index (χ4n) is 3.80. The number of benzene rings is 3. The van der Waals surface area contributed by atoms with Crippen LogP contribution >= 0.6 is 0 Å². The molecule has 0 fully saturated rings. The Morgan fingerprint density at radius 1 is 0.844 bits per heavy atom. The standard InChI is InChI=1S/C26H24FN3O2/c1-16-5-14-22(17(2)15-16)23-24(28-19-8-12-20(13-9-19)29(3)4)26(32)30(25(23)31)21-10-6-18(27)7-11-21/h5-15,28H,1-4H3. The van der Waals surface area contributed by atoms with Gasteiger partial charge in [-0.05, 0) is 73.5 Å². The van der Waals surface area contributed by atoms with E-state index < -0.39 is 17.6 Å². The molecule has 0 radical (unpaired) electrons. The number of halogens is 1. The van der Waals surface area contributed by atoms with Crippen molar-refractivity contribution in [2.45, 2.75) is 13.8 Å². The van der Waals surface area contributed by atoms with E-state index in [1.165, 1.54) is 24.3 Å². The van der Waals surface area contributed by atoms with E-state index in [1.807, 2.05) is 75.3 Å². The Kier molecular flexibility index (Phi) is 5.53. The van der Waals surface area contributed by atoms with E-state index in [1.54, 1.807) is 0 Å². The zero-order valence-corrected chi connectivity index (χ0v) is 18.4. The summed E-state index contributed by atoms with van der Waals surface area (Å²) in [6.07, 6.45) is 0. The quantitative estimate of drug-likeness (QED) is 0.586. The predicted molar refractivity (Wildman–Crippen MR) is 126 cm³/mol. The van der Waals surface area contributed by atoms with Crippen LogP contribution in [0.2, 0.25) is 0 Å². The number of nitrogens with one attached hydrogen (secondary N) is 1. The average Bonchev–Trinajstić information content (AvgIpc) is 2.99. The number of hydrogen-bond donors (Lipinski definition) is 1. The fourth-order valence-corrected chi connectivity index (χ4v) is 3.80. The minimum atomic E-state index is -0.478. The molecule has 3 aromatic rings. The summed E-state index contributed by atoms with van der Waals surface area (Å²) < 4.78 is 13.4. The van der Waals surface area contributed by atoms with Gasteiger partial charge in [0, 0.05) is 25.5 Å². The molecule has 32 heavy (non-hydrogen) atoms. The number of nitrogens with zero attached hydrogens (tertiary/aromatic N) is 2. The maximum atomic E-state index is 13.5. The van der Waals surface area contributed by atoms with E-state index in [0.29, 0.717) is 22.5 Å². The first-order chi connectivity index (χ1) is 15.3. The number of aryl methyl sites for hydroxylation is 2. The van der Waals surface area contributed by atoms with Gasteiger partial charge in [-0.15, -0.1) is 0 Å². The van der Waals surface area contributed by atoms with Gasteiger partial charge < -0.3 is 10.2 Å². The van der Waals surface area contributed by atoms with E-state index in [2.05, 4.69) is 5.32 Å². The minimum absolute atomic E-state index is 0.198. The van der Waals surface area contributed by atoms with Crippen LogP contribution in [0.4, 0.5) is 21.5 Å². The van der Waals surface area contributed by atoms with Gasteiger partial charge >= 0.3 is 0 Å². The molecule has 0 unspecified atom stereocenters. The monoisotopic (exact) mass is 429 g/mol. The summed E-state index contributed by atoms with van der Waals surface area (Å²) >= 11 is 0. The Morgan fingerprint density at radius 2 is 1.50 bits per heavy atom. The molecule has 0 saturated carbocycles. The van der Waals surface area contributed by atoms with Crippen LogP contribution in [0.15, 0.2) is 72.4 Å². The molecule has 2 amide bonds. The third-order valence-corrected chi connectivity index (χ3v) is 5.47. The SMILES string of the molecule is Cc1ccc(C2=C(Nc3ccc(N(C)C)cc3)C(=O)N(c3ccc(F)cc3)C2=O)c(C)c1. The molecule has 1 heterocycles. The summed E-state index contributed by atoms with van der Waals surface area (Å²) in [6, 6.07) is 18.7. The molecule has 3 aromatic carbocycles. The van der Waals surface area contributed by atoms with Gasteiger partial charge in [0.1, 0.15) is 11.5 Å². The van der Waals surface area contributed by atoms with E-state index in [9.17, 15) is 14.0 Å². The maximum absolute atomic E-state index is 13.5. The molecule has 0 spiro atoms. The third-order valence-electron chi connectivity index (χ3n) is 5.47. The Hall–Kier alpha value is -3.93. The number of amides is 2. The van der Waals surface area contributed by atoms with Gasteiger partial charge in [-0.2, -0.15) is 0 Å². The summed E-state index contributed by atoms with van der Waals surface area (Å²) in [5, 5.41) is 3.16. The van der Waals surface area contributed by atoms with Gasteiger partial charge in [0.2, 0.25) is 0 Å². The minimum Gasteiger partial charge on any atom is -0.378 e. The maximum Gasteiger partial charge on any atom is 0.282 e. The van der Waals surface area contributed by atoms with Crippen LogP contribution in [0.25, 0.3) is 5.57 Å². The van der Waals surface area contributed by atoms with Crippen molar-refractivity contribution in [2.75, 3.05) is 29.2 Å². The Morgan fingerprint density at radius 3 is 2.09 bits per heavy atom. The predicted octanol–water partition coefficient (Wildman–Crippen LogP) is 4.91. The average molecular weight is 429 g/mol. The number of carbonyl (C=O) groups is 2. The molecule has 162 valence electrons. The van der Waals surface area contributed by atoms with Gasteiger partial charge in [0.05, 0.1) is 11.3 Å². The van der Waals surface area contributed by atoms with Crippen molar-refractivity contribution in [3.63, 3.8) is 0 Å². The summed E-state index contributed by atoms with van der Waals surface area (Å²) in [5.74, 6) is -1.36. The first-order valence-electron chi connectivity index (χ1n) is 10.3. The van der Waals surface area contributed by atoms with Gasteiger partial charge in [-0.25, -0.2) is 9.29 Å². The number of anilines is 3. The van der Waals surface area contributed by atoms with Crippen molar-refractivity contribution < 1.29 is 14.0 Å². The van der Waals surface area contributed by atoms with E-state index in [4.69, 9.17) is 0 Å². The summed E-state index contributed by atoms with van der Waals surface area (Å²) in [7, 11) is 3.89. The van der Waals surface area contributed by atoms with Crippen LogP contribution in [0.3, 0.4) is 0 Å². The van der Waals surface area contributed by atoms with Crippen LogP contribution in [-0.2, 0) is 9.59 Å². The summed E-state index contributed by atoms with van der Waals surface area (Å²) in [5.41, 5.74) is 5.17. The number of hydrogen-bond acceptors (Lipinski definition) is 4. The molecule has 1 aliphatic rings. The second kappa shape index (κ2) is 8.30. The van der Waals surface area contributed by atoms with Crippen molar-refractivity contribution in [3.8, 4) is 0 Å². The Labute approximate surface area is 186 Å². The highest BCUT2D eigenvalue weighted by molar-refractivity contribution is 6.46. The third kappa shape index (κ3) is 3.87. The highest BCUT2D eigenvalue weighted by Gasteiger charge is 2.40. The molecule has 1 N–H and O–H groups in total. The molecule has 0 aliphatic carbocycles. The number of imide groups is 1. The zero-order chi connectivity index (χ0) is 23.0. The summed E-state index contributed by atoms with van der Waals surface area (Å²) in [6.45, 7) is 3.89. The topological polar surface area (TPSA) is 52.7 Å². The van der Waals surface area contributed by atoms with Crippen molar-refractivity contribution in [1.82, 2.24) is 0 Å². The Bertz CT molecular complexity index is 1230. The first kappa shape index (κ1) is 21.3. The largest absolute Gasteiger partial charge is 0.378 e. The van der Waals surface area contributed by atoms with E-state index in [-0.39, 0.29) is 5.70 Å². The molecular formula is C26H24FN3O2. The van der Waals surface area contributed by atoms with Crippen LogP contribution in [0.1, 0.15) is 16.7 Å². The Balaban J connectivity index is 1.81. The highest BCUT2D eigenvalue weighted by atomic mass is 19.1. The zero-order valence-electron chi connectivity index (χ0n) is 18.4. The second-order valence-electron chi connectivity index (χ2n) is 8.06. The molecule has 0 bridgehead atoms. The van der Waals surface area contributed by atoms with Gasteiger partial charge in [0.25, 0.3) is 11.8 Å². The van der Waals surface area contributed by atoms with Crippen molar-refractivity contribution in [2.24, 2.45) is 0 Å². The second-order valence-corrected chi connectivity index (χ2v) is 8.06. The molecule has 4 rings (SSSR count). The van der Waals surface area contributed by atoms with Crippen LogP contribution < -0.4 is 15.1 Å². The van der Waals surface area contributed by atoms with Gasteiger partial charge in [-0.1, -0.05) is 23.8 Å². The number of carbonyl (C=O) groups excluding carboxylic acids is 2. The van der Waals surface area contributed by atoms with Crippen LogP contribution in [0, 0.1) is 19.7 Å². The van der Waals surface area contributed by atoms with Gasteiger partial charge in [0.15, 0.2) is 0 Å². The molecule has 0 saturated heterocycles. The lowest BCUT2D eigenvalue weighted by Crippen LogP contribution is -2.32. The van der Waals surface area contributed by atoms with Crippen LogP contribution in [0.5, 0.6) is 0 Å². The van der Waals surface area contributed by atoms with Crippen molar-refractivity contribution in [1.29, 1.82) is 0 Å². The summed E-state index contributed by atoms with van der Waals surface area (Å²) in [4.78, 5) is 30.0. The van der Waals surface area contributed by atoms with E-state index in [0.717, 1.165) is 21.7 Å². The smallest absolute Gasteiger partial charge is 0.282 e. The van der Waals surface area contributed by atoms with Crippen molar-refractivity contribution in [3.05, 3.63) is 94.9 Å². The molecule has 0 atom stereocenters. The normalized spacial score (nSPS) is 13.7. The number of rotatable bonds is 5.